The van der Waals surface area contributed by atoms with Crippen molar-refractivity contribution in [2.75, 3.05) is 0 Å². The molecule has 0 radical (unpaired) electrons. The van der Waals surface area contributed by atoms with E-state index < -0.39 is 53.7 Å². The first-order valence-electron chi connectivity index (χ1n) is 8.97. The van der Waals surface area contributed by atoms with Crippen molar-refractivity contribution in [2.24, 2.45) is 11.8 Å². The fourth-order valence-corrected chi connectivity index (χ4v) is 3.15. The number of amides is 5. The zero-order valence-electron chi connectivity index (χ0n) is 15.9. The number of nitrogens with one attached hydrogen (secondary N) is 2. The Morgan fingerprint density at radius 1 is 1.04 bits per heavy atom. The Morgan fingerprint density at radius 2 is 1.56 bits per heavy atom. The number of hydrogen-bond donors (Lipinski definition) is 2. The average molecular weight is 379 g/mol. The number of likely N-dealkylation sites (tertiary alicyclic amines) is 1. The fraction of sp³-hybridized carbons (Fsp3) is 0.611. The van der Waals surface area contributed by atoms with Gasteiger partial charge in [-0.2, -0.15) is 0 Å². The van der Waals surface area contributed by atoms with Crippen LogP contribution < -0.4 is 10.6 Å². The molecule has 1 fully saturated rings. The van der Waals surface area contributed by atoms with Gasteiger partial charge in [-0.25, -0.2) is 9.59 Å². The molecule has 0 bridgehead atoms. The molecule has 1 aliphatic carbocycles. The maximum absolute atomic E-state index is 12.5. The highest BCUT2D eigenvalue weighted by Crippen LogP contribution is 2.36. The number of imide groups is 2. The van der Waals surface area contributed by atoms with Crippen LogP contribution >= 0.6 is 0 Å². The van der Waals surface area contributed by atoms with E-state index in [1.165, 1.54) is 13.8 Å². The predicted molar refractivity (Wildman–Crippen MR) is 94.0 cm³/mol. The zero-order chi connectivity index (χ0) is 20.3. The van der Waals surface area contributed by atoms with Crippen molar-refractivity contribution in [2.45, 2.75) is 58.7 Å². The Labute approximate surface area is 157 Å². The molecule has 2 N–H and O–H groups in total. The molecule has 0 aromatic rings. The molecule has 0 aromatic carbocycles. The SMILES string of the molecule is CC(C)NC(=O)NC(=O)[C@H](C)OC(=O)[C@H](C)N1C(=O)[C@H]2CC=CC[C@@H]2C1=O. The highest BCUT2D eigenvalue weighted by molar-refractivity contribution is 6.08. The van der Waals surface area contributed by atoms with Crippen LogP contribution in [0.2, 0.25) is 0 Å². The van der Waals surface area contributed by atoms with Gasteiger partial charge in [0.15, 0.2) is 6.10 Å². The number of esters is 1. The molecule has 5 amide bonds. The lowest BCUT2D eigenvalue weighted by Crippen LogP contribution is -2.49. The van der Waals surface area contributed by atoms with Crippen LogP contribution in [0.4, 0.5) is 4.79 Å². The van der Waals surface area contributed by atoms with E-state index in [1.807, 2.05) is 12.2 Å². The maximum Gasteiger partial charge on any atom is 0.329 e. The number of fused-ring (bicyclic) bond motifs is 1. The van der Waals surface area contributed by atoms with Crippen LogP contribution in [0.15, 0.2) is 12.2 Å². The minimum absolute atomic E-state index is 0.166. The first kappa shape index (κ1) is 20.6. The van der Waals surface area contributed by atoms with Gasteiger partial charge in [-0.05, 0) is 40.5 Å². The van der Waals surface area contributed by atoms with E-state index in [1.54, 1.807) is 13.8 Å². The molecule has 0 spiro atoms. The number of carbonyl (C=O) groups excluding carboxylic acids is 5. The molecule has 27 heavy (non-hydrogen) atoms. The Bertz CT molecular complexity index is 661. The normalized spacial score (nSPS) is 23.7. The summed E-state index contributed by atoms with van der Waals surface area (Å²) in [5, 5.41) is 4.54. The molecule has 9 heteroatoms. The number of hydrogen-bond acceptors (Lipinski definition) is 6. The Balaban J connectivity index is 1.95. The molecule has 0 aromatic heterocycles. The Morgan fingerprint density at radius 3 is 2.04 bits per heavy atom. The quantitative estimate of drug-likeness (QED) is 0.407. The first-order valence-corrected chi connectivity index (χ1v) is 8.97. The van der Waals surface area contributed by atoms with E-state index in [2.05, 4.69) is 10.6 Å². The van der Waals surface area contributed by atoms with Crippen LogP contribution in [-0.2, 0) is 23.9 Å². The molecule has 148 valence electrons. The van der Waals surface area contributed by atoms with Gasteiger partial charge in [0.2, 0.25) is 11.8 Å². The van der Waals surface area contributed by atoms with E-state index in [0.717, 1.165) is 4.90 Å². The lowest BCUT2D eigenvalue weighted by atomic mass is 9.85. The van der Waals surface area contributed by atoms with Crippen molar-refractivity contribution in [1.82, 2.24) is 15.5 Å². The summed E-state index contributed by atoms with van der Waals surface area (Å²) in [6.45, 7) is 6.15. The topological polar surface area (TPSA) is 122 Å². The Kier molecular flexibility index (Phi) is 6.35. The van der Waals surface area contributed by atoms with Crippen LogP contribution in [-0.4, -0.2) is 52.8 Å². The van der Waals surface area contributed by atoms with Crippen molar-refractivity contribution < 1.29 is 28.7 Å². The minimum atomic E-state index is -1.25. The van der Waals surface area contributed by atoms with Gasteiger partial charge >= 0.3 is 12.0 Å². The van der Waals surface area contributed by atoms with E-state index in [4.69, 9.17) is 4.74 Å². The maximum atomic E-state index is 12.5. The van der Waals surface area contributed by atoms with E-state index >= 15 is 0 Å². The largest absolute Gasteiger partial charge is 0.451 e. The average Bonchev–Trinajstić information content (AvgIpc) is 2.84. The molecule has 1 aliphatic heterocycles. The van der Waals surface area contributed by atoms with Crippen molar-refractivity contribution in [1.29, 1.82) is 0 Å². The van der Waals surface area contributed by atoms with Crippen molar-refractivity contribution in [3.05, 3.63) is 12.2 Å². The van der Waals surface area contributed by atoms with Crippen molar-refractivity contribution >= 4 is 29.7 Å². The second kappa shape index (κ2) is 8.32. The summed E-state index contributed by atoms with van der Waals surface area (Å²) in [6, 6.07) is -2.01. The molecule has 2 rings (SSSR count). The van der Waals surface area contributed by atoms with Gasteiger partial charge < -0.3 is 10.1 Å². The first-order chi connectivity index (χ1) is 12.6. The van der Waals surface area contributed by atoms with E-state index in [0.29, 0.717) is 12.8 Å². The molecular weight excluding hydrogens is 354 g/mol. The summed E-state index contributed by atoms with van der Waals surface area (Å²) in [6.07, 6.45) is 3.39. The smallest absolute Gasteiger partial charge is 0.329 e. The molecule has 0 unspecified atom stereocenters. The molecule has 9 nitrogen and oxygen atoms in total. The third-order valence-corrected chi connectivity index (χ3v) is 4.59. The molecule has 4 atom stereocenters. The van der Waals surface area contributed by atoms with Gasteiger partial charge in [0.25, 0.3) is 5.91 Å². The number of carbonyl (C=O) groups is 5. The van der Waals surface area contributed by atoms with Gasteiger partial charge in [-0.3, -0.25) is 24.6 Å². The lowest BCUT2D eigenvalue weighted by molar-refractivity contribution is -0.163. The van der Waals surface area contributed by atoms with E-state index in [9.17, 15) is 24.0 Å². The number of allylic oxidation sites excluding steroid dienone is 2. The summed E-state index contributed by atoms with van der Waals surface area (Å²) < 4.78 is 5.05. The van der Waals surface area contributed by atoms with Gasteiger partial charge in [-0.15, -0.1) is 0 Å². The fourth-order valence-electron chi connectivity index (χ4n) is 3.15. The zero-order valence-corrected chi connectivity index (χ0v) is 15.9. The summed E-state index contributed by atoms with van der Waals surface area (Å²) >= 11 is 0. The molecule has 2 aliphatic rings. The molecule has 1 saturated heterocycles. The second-order valence-corrected chi connectivity index (χ2v) is 7.07. The predicted octanol–water partition coefficient (Wildman–Crippen LogP) is 0.492. The summed E-state index contributed by atoms with van der Waals surface area (Å²) in [5.74, 6) is -3.36. The van der Waals surface area contributed by atoms with Crippen LogP contribution in [0.25, 0.3) is 0 Å². The minimum Gasteiger partial charge on any atom is -0.451 e. The number of rotatable bonds is 5. The van der Waals surface area contributed by atoms with Crippen LogP contribution in [0.5, 0.6) is 0 Å². The van der Waals surface area contributed by atoms with Crippen LogP contribution in [0.3, 0.4) is 0 Å². The van der Waals surface area contributed by atoms with Gasteiger partial charge in [-0.1, -0.05) is 12.2 Å². The monoisotopic (exact) mass is 379 g/mol. The van der Waals surface area contributed by atoms with Gasteiger partial charge in [0, 0.05) is 6.04 Å². The number of ether oxygens (including phenoxy) is 1. The van der Waals surface area contributed by atoms with Crippen molar-refractivity contribution in [3.63, 3.8) is 0 Å². The van der Waals surface area contributed by atoms with Gasteiger partial charge in [0.05, 0.1) is 11.8 Å². The van der Waals surface area contributed by atoms with Crippen LogP contribution in [0, 0.1) is 11.8 Å². The van der Waals surface area contributed by atoms with E-state index in [-0.39, 0.29) is 6.04 Å². The summed E-state index contributed by atoms with van der Waals surface area (Å²) in [4.78, 5) is 61.7. The number of urea groups is 1. The molecular formula is C18H25N3O6. The number of nitrogens with zero attached hydrogens (tertiary/aromatic N) is 1. The standard InChI is InChI=1S/C18H25N3O6/c1-9(2)19-18(26)20-14(22)11(4)27-17(25)10(3)21-15(23)12-7-5-6-8-13(12)16(21)24/h5-6,9-13H,7-8H2,1-4H3,(H2,19,20,22,26)/t10-,11-,12-,13-/m0/s1. The molecule has 1 heterocycles. The third-order valence-electron chi connectivity index (χ3n) is 4.59. The highest BCUT2D eigenvalue weighted by Gasteiger charge is 2.50. The molecule has 0 saturated carbocycles. The lowest BCUT2D eigenvalue weighted by Gasteiger charge is -2.23. The third kappa shape index (κ3) is 4.53. The van der Waals surface area contributed by atoms with Crippen molar-refractivity contribution in [3.8, 4) is 0 Å². The second-order valence-electron chi connectivity index (χ2n) is 7.07. The van der Waals surface area contributed by atoms with Gasteiger partial charge in [0.1, 0.15) is 6.04 Å². The van der Waals surface area contributed by atoms with Crippen LogP contribution in [0.1, 0.15) is 40.5 Å². The highest BCUT2D eigenvalue weighted by atomic mass is 16.5. The summed E-state index contributed by atoms with van der Waals surface area (Å²) in [7, 11) is 0. The summed E-state index contributed by atoms with van der Waals surface area (Å²) in [5.41, 5.74) is 0. The Hall–Kier alpha value is -2.71.